The molecule has 0 aromatic carbocycles. The van der Waals surface area contributed by atoms with Gasteiger partial charge in [-0.05, 0) is 43.4 Å². The molecule has 0 aliphatic carbocycles. The second-order valence-electron chi connectivity index (χ2n) is 27.2. The third-order valence-corrected chi connectivity index (χ3v) is 18.9. The van der Waals surface area contributed by atoms with Crippen LogP contribution in [-0.4, -0.2) is 96.7 Å². The Balaban J connectivity index is 5.22. The largest absolute Gasteiger partial charge is 0.472 e. The van der Waals surface area contributed by atoms with E-state index in [0.29, 0.717) is 31.6 Å². The molecule has 6 atom stereocenters. The molecule has 0 heterocycles. The van der Waals surface area contributed by atoms with Crippen molar-refractivity contribution in [2.24, 2.45) is 17.8 Å². The number of carbonyl (C=O) groups excluding carboxylic acids is 4. The standard InChI is InChI=1S/C72H140O17P2/c1-8-10-11-12-13-14-15-16-21-24-27-30-39-46-53-69(74)82-59-67(88-71(76)55-48-41-31-28-25-22-19-17-18-20-23-26-29-36-43-50-63(3)4)61-86-90(78,79)84-57-66(73)58-85-91(80,81)87-62-68(60-83-70(75)54-47-40-34-32-37-44-51-64(5)6)89-72(77)56-49-42-35-33-38-45-52-65(7)9-2/h63-68,73H,8-62H2,1-7H3,(H,78,79)(H,80,81)/t65?,66-,67-,68-/m1/s1. The van der Waals surface area contributed by atoms with Crippen molar-refractivity contribution in [3.05, 3.63) is 0 Å². The third-order valence-electron chi connectivity index (χ3n) is 17.0. The van der Waals surface area contributed by atoms with Gasteiger partial charge in [0.25, 0.3) is 0 Å². The highest BCUT2D eigenvalue weighted by molar-refractivity contribution is 7.47. The minimum atomic E-state index is -4.95. The molecule has 0 saturated carbocycles. The van der Waals surface area contributed by atoms with E-state index in [0.717, 1.165) is 108 Å². The molecule has 0 radical (unpaired) electrons. The lowest BCUT2D eigenvalue weighted by Gasteiger charge is -2.21. The summed E-state index contributed by atoms with van der Waals surface area (Å²) in [4.78, 5) is 72.6. The molecule has 540 valence electrons. The van der Waals surface area contributed by atoms with Crippen LogP contribution >= 0.6 is 15.6 Å². The average molecular weight is 1340 g/mol. The molecule has 91 heavy (non-hydrogen) atoms. The van der Waals surface area contributed by atoms with E-state index in [-0.39, 0.29) is 25.7 Å². The molecular weight excluding hydrogens is 1200 g/mol. The Morgan fingerprint density at radius 3 is 0.835 bits per heavy atom. The van der Waals surface area contributed by atoms with Crippen molar-refractivity contribution < 1.29 is 80.2 Å². The van der Waals surface area contributed by atoms with E-state index in [1.165, 1.54) is 167 Å². The zero-order valence-corrected chi connectivity index (χ0v) is 61.1. The maximum atomic E-state index is 13.0. The maximum Gasteiger partial charge on any atom is 0.472 e. The van der Waals surface area contributed by atoms with Crippen LogP contribution in [0, 0.1) is 17.8 Å². The molecule has 0 bridgehead atoms. The second-order valence-corrected chi connectivity index (χ2v) is 30.1. The lowest BCUT2D eigenvalue weighted by Crippen LogP contribution is -2.30. The van der Waals surface area contributed by atoms with Crippen LogP contribution in [0.1, 0.15) is 363 Å². The number of aliphatic hydroxyl groups is 1. The Bertz CT molecular complexity index is 1790. The summed E-state index contributed by atoms with van der Waals surface area (Å²) in [5, 5.41) is 10.6. The number of esters is 4. The first-order valence-electron chi connectivity index (χ1n) is 37.4. The Morgan fingerprint density at radius 1 is 0.319 bits per heavy atom. The molecule has 0 aliphatic rings. The highest BCUT2D eigenvalue weighted by Crippen LogP contribution is 2.45. The monoisotopic (exact) mass is 1340 g/mol. The molecule has 0 aliphatic heterocycles. The Hall–Kier alpha value is -1.94. The average Bonchev–Trinajstić information content (AvgIpc) is 3.59. The van der Waals surface area contributed by atoms with Crippen LogP contribution < -0.4 is 0 Å². The van der Waals surface area contributed by atoms with E-state index < -0.39 is 97.5 Å². The van der Waals surface area contributed by atoms with Crippen LogP contribution in [0.15, 0.2) is 0 Å². The van der Waals surface area contributed by atoms with Gasteiger partial charge in [-0.3, -0.25) is 37.3 Å². The topological polar surface area (TPSA) is 237 Å². The van der Waals surface area contributed by atoms with Gasteiger partial charge in [0.1, 0.15) is 19.3 Å². The van der Waals surface area contributed by atoms with Crippen LogP contribution in [0.5, 0.6) is 0 Å². The van der Waals surface area contributed by atoms with Gasteiger partial charge in [0, 0.05) is 25.7 Å². The summed E-state index contributed by atoms with van der Waals surface area (Å²) >= 11 is 0. The van der Waals surface area contributed by atoms with Gasteiger partial charge in [-0.2, -0.15) is 0 Å². The van der Waals surface area contributed by atoms with Gasteiger partial charge in [0.2, 0.25) is 0 Å². The summed E-state index contributed by atoms with van der Waals surface area (Å²) in [5.41, 5.74) is 0. The minimum absolute atomic E-state index is 0.102. The number of phosphoric ester groups is 2. The van der Waals surface area contributed by atoms with E-state index in [9.17, 15) is 43.2 Å². The lowest BCUT2D eigenvalue weighted by atomic mass is 10.00. The van der Waals surface area contributed by atoms with Crippen LogP contribution in [0.2, 0.25) is 0 Å². The predicted octanol–water partition coefficient (Wildman–Crippen LogP) is 20.6. The van der Waals surface area contributed by atoms with Crippen molar-refractivity contribution in [3.8, 4) is 0 Å². The summed E-state index contributed by atoms with van der Waals surface area (Å²) in [5.74, 6) is 0.0747. The zero-order chi connectivity index (χ0) is 67.3. The van der Waals surface area contributed by atoms with E-state index in [1.807, 2.05) is 0 Å². The van der Waals surface area contributed by atoms with Gasteiger partial charge in [-0.1, -0.05) is 312 Å². The van der Waals surface area contributed by atoms with Crippen molar-refractivity contribution in [1.29, 1.82) is 0 Å². The van der Waals surface area contributed by atoms with E-state index in [4.69, 9.17) is 37.0 Å². The SMILES string of the molecule is CCCCCCCCCCCCCCCCC(=O)OC[C@H](COP(=O)(O)OC[C@@H](O)COP(=O)(O)OC[C@@H](COC(=O)CCCCCCCCC(C)C)OC(=O)CCCCCCCCC(C)CC)OC(=O)CCCCCCCCCCCCCCCCCC(C)C. The van der Waals surface area contributed by atoms with E-state index in [1.54, 1.807) is 0 Å². The molecule has 0 aromatic rings. The highest BCUT2D eigenvalue weighted by atomic mass is 31.2. The molecular formula is C72H140O17P2. The van der Waals surface area contributed by atoms with Crippen molar-refractivity contribution >= 4 is 39.5 Å². The first-order chi connectivity index (χ1) is 43.8. The zero-order valence-electron chi connectivity index (χ0n) is 59.3. The van der Waals surface area contributed by atoms with Gasteiger partial charge in [0.15, 0.2) is 12.2 Å². The highest BCUT2D eigenvalue weighted by Gasteiger charge is 2.30. The summed E-state index contributed by atoms with van der Waals surface area (Å²) < 4.78 is 68.3. The van der Waals surface area contributed by atoms with Crippen LogP contribution in [-0.2, 0) is 65.4 Å². The van der Waals surface area contributed by atoms with Gasteiger partial charge >= 0.3 is 39.5 Å². The fourth-order valence-electron chi connectivity index (χ4n) is 10.9. The van der Waals surface area contributed by atoms with Crippen LogP contribution in [0.3, 0.4) is 0 Å². The smallest absolute Gasteiger partial charge is 0.462 e. The molecule has 19 heteroatoms. The van der Waals surface area contributed by atoms with Crippen molar-refractivity contribution in [1.82, 2.24) is 0 Å². The van der Waals surface area contributed by atoms with Crippen molar-refractivity contribution in [2.45, 2.75) is 381 Å². The predicted molar refractivity (Wildman–Crippen MR) is 368 cm³/mol. The number of rotatable bonds is 70. The minimum Gasteiger partial charge on any atom is -0.462 e. The number of ether oxygens (including phenoxy) is 4. The van der Waals surface area contributed by atoms with Crippen LogP contribution in [0.4, 0.5) is 0 Å². The first-order valence-corrected chi connectivity index (χ1v) is 40.4. The Kier molecular flexibility index (Phi) is 61.5. The Labute approximate surface area is 556 Å². The third kappa shape index (κ3) is 65.1. The molecule has 0 aromatic heterocycles. The molecule has 0 rings (SSSR count). The quantitative estimate of drug-likeness (QED) is 0.0222. The molecule has 0 amide bonds. The molecule has 0 saturated heterocycles. The second kappa shape index (κ2) is 62.8. The molecule has 3 unspecified atom stereocenters. The number of hydrogen-bond acceptors (Lipinski definition) is 15. The lowest BCUT2D eigenvalue weighted by molar-refractivity contribution is -0.161. The fourth-order valence-corrected chi connectivity index (χ4v) is 12.4. The molecule has 17 nitrogen and oxygen atoms in total. The summed E-state index contributed by atoms with van der Waals surface area (Å²) in [6, 6.07) is 0. The van der Waals surface area contributed by atoms with Gasteiger partial charge in [0.05, 0.1) is 26.4 Å². The summed E-state index contributed by atoms with van der Waals surface area (Å²) in [6.45, 7) is 11.8. The maximum absolute atomic E-state index is 13.0. The fraction of sp³-hybridized carbons (Fsp3) is 0.944. The molecule has 3 N–H and O–H groups in total. The van der Waals surface area contributed by atoms with Gasteiger partial charge in [-0.25, -0.2) is 9.13 Å². The normalized spacial score (nSPS) is 14.5. The molecule has 0 fully saturated rings. The summed E-state index contributed by atoms with van der Waals surface area (Å²) in [6.07, 6.45) is 47.4. The van der Waals surface area contributed by atoms with Crippen LogP contribution in [0.25, 0.3) is 0 Å². The number of hydrogen-bond donors (Lipinski definition) is 3. The number of carbonyl (C=O) groups is 4. The number of unbranched alkanes of at least 4 members (excludes halogenated alkanes) is 37. The van der Waals surface area contributed by atoms with E-state index in [2.05, 4.69) is 48.5 Å². The number of aliphatic hydroxyl groups excluding tert-OH is 1. The van der Waals surface area contributed by atoms with E-state index >= 15 is 0 Å². The number of phosphoric acid groups is 2. The van der Waals surface area contributed by atoms with Crippen molar-refractivity contribution in [3.63, 3.8) is 0 Å². The van der Waals surface area contributed by atoms with Gasteiger partial charge < -0.3 is 33.8 Å². The van der Waals surface area contributed by atoms with Crippen molar-refractivity contribution in [2.75, 3.05) is 39.6 Å². The molecule has 0 spiro atoms. The summed E-state index contributed by atoms with van der Waals surface area (Å²) in [7, 11) is -9.90. The first kappa shape index (κ1) is 89.1. The Morgan fingerprint density at radius 2 is 0.560 bits per heavy atom. The van der Waals surface area contributed by atoms with Gasteiger partial charge in [-0.15, -0.1) is 0 Å².